The average molecular weight is 182 g/mol. The van der Waals surface area contributed by atoms with E-state index in [-0.39, 0.29) is 0 Å². The smallest absolute Gasteiger partial charge is 0.136 e. The summed E-state index contributed by atoms with van der Waals surface area (Å²) in [7, 11) is 0. The van der Waals surface area contributed by atoms with E-state index in [4.69, 9.17) is 11.6 Å². The third kappa shape index (κ3) is 1.51. The van der Waals surface area contributed by atoms with Gasteiger partial charge in [0.05, 0.1) is 0 Å². The maximum atomic E-state index is 5.92. The summed E-state index contributed by atoms with van der Waals surface area (Å²) in [6, 6.07) is 0. The number of hydrogen-bond acceptors (Lipinski definition) is 1. The summed E-state index contributed by atoms with van der Waals surface area (Å²) in [5, 5.41) is 2.79. The Kier molecular flexibility index (Phi) is 2.88. The van der Waals surface area contributed by atoms with Gasteiger partial charge >= 0.3 is 0 Å². The Morgan fingerprint density at radius 3 is 2.25 bits per heavy atom. The molecule has 12 heavy (non-hydrogen) atoms. The third-order valence-corrected chi connectivity index (χ3v) is 2.19. The van der Waals surface area contributed by atoms with Crippen molar-refractivity contribution in [1.82, 2.24) is 4.98 Å². The molecule has 0 N–H and O–H groups in total. The molecule has 0 unspecified atom stereocenters. The zero-order valence-electron chi connectivity index (χ0n) is 7.56. The van der Waals surface area contributed by atoms with Gasteiger partial charge in [0.25, 0.3) is 0 Å². The Hall–Kier alpha value is -0.820. The second-order valence-corrected chi connectivity index (χ2v) is 2.99. The van der Waals surface area contributed by atoms with E-state index in [0.717, 1.165) is 10.8 Å². The summed E-state index contributed by atoms with van der Waals surface area (Å²) in [6.45, 7) is 6.01. The van der Waals surface area contributed by atoms with Crippen molar-refractivity contribution in [3.63, 3.8) is 0 Å². The van der Waals surface area contributed by atoms with Crippen molar-refractivity contribution < 1.29 is 0 Å². The number of pyridine rings is 1. The minimum Gasteiger partial charge on any atom is -0.244 e. The van der Waals surface area contributed by atoms with E-state index in [9.17, 15) is 0 Å². The van der Waals surface area contributed by atoms with Crippen LogP contribution in [0.2, 0.25) is 5.15 Å². The first-order valence-electron chi connectivity index (χ1n) is 3.94. The minimum absolute atomic E-state index is 0.580. The maximum absolute atomic E-state index is 5.92. The molecule has 1 aromatic heterocycles. The molecule has 1 rings (SSSR count). The Morgan fingerprint density at radius 1 is 1.25 bits per heavy atom. The van der Waals surface area contributed by atoms with Gasteiger partial charge in [0, 0.05) is 11.4 Å². The Balaban J connectivity index is 3.76. The average Bonchev–Trinajstić information content (AvgIpc) is 2.08. The number of hydrogen-bond donors (Lipinski definition) is 0. The van der Waals surface area contributed by atoms with Crippen molar-refractivity contribution in [2.45, 2.75) is 20.8 Å². The predicted octanol–water partition coefficient (Wildman–Crippen LogP) is 1.64. The molecule has 0 aliphatic rings. The predicted molar refractivity (Wildman–Crippen MR) is 53.5 cm³/mol. The van der Waals surface area contributed by atoms with Gasteiger partial charge in [-0.05, 0) is 31.6 Å². The number of halogens is 1. The van der Waals surface area contributed by atoms with Crippen molar-refractivity contribution >= 4 is 23.8 Å². The topological polar surface area (TPSA) is 12.9 Å². The normalized spacial score (nSPS) is 14.0. The first kappa shape index (κ1) is 9.27. The fourth-order valence-electron chi connectivity index (χ4n) is 1.27. The third-order valence-electron chi connectivity index (χ3n) is 1.89. The fraction of sp³-hybridized carbons (Fsp3) is 0.300. The highest BCUT2D eigenvalue weighted by Gasteiger charge is 1.95. The van der Waals surface area contributed by atoms with Crippen LogP contribution in [0, 0.1) is 6.92 Å². The van der Waals surface area contributed by atoms with Gasteiger partial charge in [-0.25, -0.2) is 4.98 Å². The van der Waals surface area contributed by atoms with E-state index in [1.165, 1.54) is 5.22 Å². The van der Waals surface area contributed by atoms with E-state index < -0.39 is 0 Å². The highest BCUT2D eigenvalue weighted by Crippen LogP contribution is 1.93. The van der Waals surface area contributed by atoms with Gasteiger partial charge in [-0.15, -0.1) is 0 Å². The van der Waals surface area contributed by atoms with Crippen LogP contribution in [0.1, 0.15) is 19.4 Å². The number of aryl methyl sites for hydroxylation is 1. The van der Waals surface area contributed by atoms with Crippen molar-refractivity contribution in [1.29, 1.82) is 0 Å². The molecular formula is C10H12ClN. The molecule has 1 heterocycles. The van der Waals surface area contributed by atoms with E-state index in [2.05, 4.69) is 11.1 Å². The summed E-state index contributed by atoms with van der Waals surface area (Å²) in [4.78, 5) is 4.07. The molecule has 1 aromatic rings. The fourth-order valence-corrected chi connectivity index (χ4v) is 1.53. The van der Waals surface area contributed by atoms with Crippen LogP contribution in [0.15, 0.2) is 6.20 Å². The number of nitrogens with zero attached hydrogens (tertiary/aromatic N) is 1. The highest BCUT2D eigenvalue weighted by molar-refractivity contribution is 6.29. The lowest BCUT2D eigenvalue weighted by atomic mass is 10.2. The van der Waals surface area contributed by atoms with Crippen LogP contribution in [-0.2, 0) is 0 Å². The number of rotatable bonds is 0. The molecule has 0 amide bonds. The van der Waals surface area contributed by atoms with Crippen molar-refractivity contribution in [3.05, 3.63) is 27.4 Å². The van der Waals surface area contributed by atoms with Gasteiger partial charge < -0.3 is 0 Å². The second kappa shape index (κ2) is 3.72. The molecule has 0 aromatic carbocycles. The van der Waals surface area contributed by atoms with E-state index in [0.29, 0.717) is 5.15 Å². The first-order valence-corrected chi connectivity index (χ1v) is 4.32. The largest absolute Gasteiger partial charge is 0.244 e. The minimum atomic E-state index is 0.580. The summed E-state index contributed by atoms with van der Waals surface area (Å²) in [6.07, 6.45) is 5.83. The van der Waals surface area contributed by atoms with Crippen LogP contribution in [0.25, 0.3) is 12.2 Å². The van der Waals surface area contributed by atoms with E-state index in [1.807, 2.05) is 26.8 Å². The van der Waals surface area contributed by atoms with Gasteiger partial charge in [-0.3, -0.25) is 0 Å². The summed E-state index contributed by atoms with van der Waals surface area (Å²) in [5.41, 5.74) is 1.16. The lowest BCUT2D eigenvalue weighted by Gasteiger charge is -1.96. The van der Waals surface area contributed by atoms with Crippen LogP contribution in [0.5, 0.6) is 0 Å². The maximum Gasteiger partial charge on any atom is 0.136 e. The van der Waals surface area contributed by atoms with Crippen molar-refractivity contribution in [2.24, 2.45) is 0 Å². The molecule has 0 saturated heterocycles. The second-order valence-electron chi connectivity index (χ2n) is 2.64. The zero-order chi connectivity index (χ0) is 9.14. The van der Waals surface area contributed by atoms with Gasteiger partial charge in [-0.2, -0.15) is 0 Å². The molecule has 0 aliphatic carbocycles. The van der Waals surface area contributed by atoms with Crippen molar-refractivity contribution in [2.75, 3.05) is 0 Å². The van der Waals surface area contributed by atoms with E-state index in [1.54, 1.807) is 6.20 Å². The summed E-state index contributed by atoms with van der Waals surface area (Å²) >= 11 is 5.92. The molecule has 0 bridgehead atoms. The summed E-state index contributed by atoms with van der Waals surface area (Å²) < 4.78 is 0. The van der Waals surface area contributed by atoms with Crippen molar-refractivity contribution in [3.8, 4) is 0 Å². The molecule has 2 heteroatoms. The summed E-state index contributed by atoms with van der Waals surface area (Å²) in [5.74, 6) is 0. The molecule has 0 saturated carbocycles. The van der Waals surface area contributed by atoms with Gasteiger partial charge in [-0.1, -0.05) is 23.8 Å². The van der Waals surface area contributed by atoms with Crippen LogP contribution in [-0.4, -0.2) is 4.98 Å². The molecule has 0 fully saturated rings. The lowest BCUT2D eigenvalue weighted by molar-refractivity contribution is 1.21. The van der Waals surface area contributed by atoms with Crippen LogP contribution < -0.4 is 10.4 Å². The van der Waals surface area contributed by atoms with Gasteiger partial charge in [0.2, 0.25) is 0 Å². The van der Waals surface area contributed by atoms with Gasteiger partial charge in [0.15, 0.2) is 0 Å². The molecule has 0 aliphatic heterocycles. The van der Waals surface area contributed by atoms with E-state index >= 15 is 0 Å². The lowest BCUT2D eigenvalue weighted by Crippen LogP contribution is -2.28. The number of aromatic nitrogens is 1. The molecule has 1 nitrogen and oxygen atoms in total. The van der Waals surface area contributed by atoms with Crippen LogP contribution in [0.3, 0.4) is 0 Å². The molecule has 0 spiro atoms. The molecular weight excluding hydrogens is 170 g/mol. The molecule has 0 atom stereocenters. The Labute approximate surface area is 77.4 Å². The first-order chi connectivity index (χ1) is 5.70. The Bertz CT molecular complexity index is 354. The standard InChI is InChI=1S/C10H12ClN/c1-4-8-7(3)6-12-10(11)9(8)5-2/h4-6H,1-3H3. The van der Waals surface area contributed by atoms with Gasteiger partial charge in [0.1, 0.15) is 5.15 Å². The monoisotopic (exact) mass is 181 g/mol. The highest BCUT2D eigenvalue weighted by atomic mass is 35.5. The molecule has 64 valence electrons. The zero-order valence-corrected chi connectivity index (χ0v) is 8.31. The van der Waals surface area contributed by atoms with Crippen LogP contribution in [0.4, 0.5) is 0 Å². The quantitative estimate of drug-likeness (QED) is 0.555. The van der Waals surface area contributed by atoms with Crippen LogP contribution >= 0.6 is 11.6 Å². The SMILES string of the molecule is CC=c1c(C)cnc(Cl)c1=CC. The molecule has 0 radical (unpaired) electrons. The Morgan fingerprint density at radius 2 is 1.83 bits per heavy atom.